The van der Waals surface area contributed by atoms with E-state index in [-0.39, 0.29) is 6.10 Å². The Kier molecular flexibility index (Phi) is 3.86. The average Bonchev–Trinajstić information content (AvgIpc) is 2.48. The molecular formula is C18H21NO. The molecule has 0 saturated carbocycles. The molecule has 1 heterocycles. The van der Waals surface area contributed by atoms with Crippen molar-refractivity contribution in [2.45, 2.75) is 20.0 Å². The first-order chi connectivity index (χ1) is 9.74. The Bertz CT molecular complexity index is 583. The molecule has 2 heteroatoms. The summed E-state index contributed by atoms with van der Waals surface area (Å²) in [6.45, 7) is 6.96. The van der Waals surface area contributed by atoms with Crippen LogP contribution >= 0.6 is 0 Å². The number of hydrogen-bond acceptors (Lipinski definition) is 2. The van der Waals surface area contributed by atoms with E-state index in [1.165, 1.54) is 27.8 Å². The number of benzene rings is 2. The van der Waals surface area contributed by atoms with Crippen molar-refractivity contribution in [3.63, 3.8) is 0 Å². The second kappa shape index (κ2) is 5.78. The molecule has 0 aromatic heterocycles. The predicted molar refractivity (Wildman–Crippen MR) is 82.9 cm³/mol. The molecule has 2 aromatic carbocycles. The first-order valence-corrected chi connectivity index (χ1v) is 7.24. The third-order valence-corrected chi connectivity index (χ3v) is 3.90. The van der Waals surface area contributed by atoms with Crippen LogP contribution < -0.4 is 5.32 Å². The zero-order valence-corrected chi connectivity index (χ0v) is 12.1. The van der Waals surface area contributed by atoms with Crippen LogP contribution in [0.2, 0.25) is 0 Å². The highest BCUT2D eigenvalue weighted by atomic mass is 16.5. The number of rotatable bonds is 2. The Balaban J connectivity index is 1.85. The largest absolute Gasteiger partial charge is 0.371 e. The van der Waals surface area contributed by atoms with E-state index < -0.39 is 0 Å². The molecule has 1 unspecified atom stereocenters. The quantitative estimate of drug-likeness (QED) is 0.897. The molecule has 0 spiro atoms. The van der Waals surface area contributed by atoms with Crippen molar-refractivity contribution >= 4 is 0 Å². The Hall–Kier alpha value is -1.64. The van der Waals surface area contributed by atoms with Gasteiger partial charge in [-0.15, -0.1) is 0 Å². The van der Waals surface area contributed by atoms with Crippen molar-refractivity contribution in [1.29, 1.82) is 0 Å². The highest BCUT2D eigenvalue weighted by Gasteiger charge is 2.15. The van der Waals surface area contributed by atoms with Crippen LogP contribution in [-0.4, -0.2) is 19.7 Å². The molecule has 1 aliphatic rings. The van der Waals surface area contributed by atoms with E-state index in [0.717, 1.165) is 19.7 Å². The fourth-order valence-electron chi connectivity index (χ4n) is 2.79. The number of hydrogen-bond donors (Lipinski definition) is 1. The van der Waals surface area contributed by atoms with Gasteiger partial charge in [-0.1, -0.05) is 48.0 Å². The molecular weight excluding hydrogens is 246 g/mol. The zero-order chi connectivity index (χ0) is 13.9. The SMILES string of the molecule is Cc1ccc(-c2ccc(C3CNCCO3)cc2)c(C)c1. The summed E-state index contributed by atoms with van der Waals surface area (Å²) in [5, 5.41) is 3.37. The van der Waals surface area contributed by atoms with Gasteiger partial charge in [0, 0.05) is 13.1 Å². The molecule has 20 heavy (non-hydrogen) atoms. The third-order valence-electron chi connectivity index (χ3n) is 3.90. The van der Waals surface area contributed by atoms with Crippen LogP contribution in [0.4, 0.5) is 0 Å². The molecule has 0 aliphatic carbocycles. The van der Waals surface area contributed by atoms with Gasteiger partial charge in [0.05, 0.1) is 12.7 Å². The van der Waals surface area contributed by atoms with Gasteiger partial charge in [-0.3, -0.25) is 0 Å². The summed E-state index contributed by atoms with van der Waals surface area (Å²) in [5.74, 6) is 0. The predicted octanol–water partition coefficient (Wildman–Crippen LogP) is 3.63. The molecule has 2 aromatic rings. The Morgan fingerprint density at radius 3 is 2.50 bits per heavy atom. The second-order valence-corrected chi connectivity index (χ2v) is 5.50. The molecule has 104 valence electrons. The Morgan fingerprint density at radius 1 is 1.05 bits per heavy atom. The zero-order valence-electron chi connectivity index (χ0n) is 12.1. The van der Waals surface area contributed by atoms with Gasteiger partial charge in [0.1, 0.15) is 0 Å². The van der Waals surface area contributed by atoms with E-state index in [4.69, 9.17) is 4.74 Å². The van der Waals surface area contributed by atoms with E-state index in [9.17, 15) is 0 Å². The smallest absolute Gasteiger partial charge is 0.0949 e. The van der Waals surface area contributed by atoms with E-state index in [1.54, 1.807) is 0 Å². The summed E-state index contributed by atoms with van der Waals surface area (Å²) in [5.41, 5.74) is 6.48. The van der Waals surface area contributed by atoms with E-state index in [1.807, 2.05) is 0 Å². The highest BCUT2D eigenvalue weighted by molar-refractivity contribution is 5.67. The monoisotopic (exact) mass is 267 g/mol. The lowest BCUT2D eigenvalue weighted by molar-refractivity contribution is 0.0277. The van der Waals surface area contributed by atoms with Gasteiger partial charge in [0.25, 0.3) is 0 Å². The van der Waals surface area contributed by atoms with Crippen LogP contribution in [0.1, 0.15) is 22.8 Å². The van der Waals surface area contributed by atoms with Crippen LogP contribution in [0.15, 0.2) is 42.5 Å². The summed E-state index contributed by atoms with van der Waals surface area (Å²) in [6, 6.07) is 15.4. The van der Waals surface area contributed by atoms with Gasteiger partial charge in [-0.25, -0.2) is 0 Å². The van der Waals surface area contributed by atoms with Crippen LogP contribution in [-0.2, 0) is 4.74 Å². The van der Waals surface area contributed by atoms with Gasteiger partial charge in [-0.2, -0.15) is 0 Å². The molecule has 1 N–H and O–H groups in total. The van der Waals surface area contributed by atoms with Crippen LogP contribution in [0.25, 0.3) is 11.1 Å². The minimum Gasteiger partial charge on any atom is -0.371 e. The summed E-state index contributed by atoms with van der Waals surface area (Å²) >= 11 is 0. The second-order valence-electron chi connectivity index (χ2n) is 5.50. The van der Waals surface area contributed by atoms with Crippen molar-refractivity contribution in [2.75, 3.05) is 19.7 Å². The molecule has 0 radical (unpaired) electrons. The first kappa shape index (κ1) is 13.3. The van der Waals surface area contributed by atoms with Gasteiger partial charge < -0.3 is 10.1 Å². The summed E-state index contributed by atoms with van der Waals surface area (Å²) in [7, 11) is 0. The molecule has 1 saturated heterocycles. The average molecular weight is 267 g/mol. The van der Waals surface area contributed by atoms with E-state index in [2.05, 4.69) is 61.6 Å². The van der Waals surface area contributed by atoms with Crippen LogP contribution in [0, 0.1) is 13.8 Å². The van der Waals surface area contributed by atoms with Crippen molar-refractivity contribution in [1.82, 2.24) is 5.32 Å². The fourth-order valence-corrected chi connectivity index (χ4v) is 2.79. The Morgan fingerprint density at radius 2 is 1.85 bits per heavy atom. The maximum Gasteiger partial charge on any atom is 0.0949 e. The molecule has 2 nitrogen and oxygen atoms in total. The molecule has 1 atom stereocenters. The van der Waals surface area contributed by atoms with Crippen LogP contribution in [0.5, 0.6) is 0 Å². The minimum atomic E-state index is 0.192. The molecule has 3 rings (SSSR count). The number of ether oxygens (including phenoxy) is 1. The van der Waals surface area contributed by atoms with Crippen molar-refractivity contribution in [2.24, 2.45) is 0 Å². The lowest BCUT2D eigenvalue weighted by Gasteiger charge is -2.24. The first-order valence-electron chi connectivity index (χ1n) is 7.24. The van der Waals surface area contributed by atoms with E-state index in [0.29, 0.717) is 0 Å². The summed E-state index contributed by atoms with van der Waals surface area (Å²) in [4.78, 5) is 0. The molecule has 0 amide bonds. The fraction of sp³-hybridized carbons (Fsp3) is 0.333. The van der Waals surface area contributed by atoms with Gasteiger partial charge in [-0.05, 0) is 36.1 Å². The summed E-state index contributed by atoms with van der Waals surface area (Å²) < 4.78 is 5.79. The Labute approximate surface area is 120 Å². The van der Waals surface area contributed by atoms with Crippen LogP contribution in [0.3, 0.4) is 0 Å². The maximum atomic E-state index is 5.79. The maximum absolute atomic E-state index is 5.79. The van der Waals surface area contributed by atoms with Crippen molar-refractivity contribution in [3.05, 3.63) is 59.2 Å². The van der Waals surface area contributed by atoms with Crippen molar-refractivity contribution < 1.29 is 4.74 Å². The number of aryl methyl sites for hydroxylation is 2. The number of morpholine rings is 1. The van der Waals surface area contributed by atoms with Gasteiger partial charge in [0.2, 0.25) is 0 Å². The molecule has 1 aliphatic heterocycles. The minimum absolute atomic E-state index is 0.192. The molecule has 1 fully saturated rings. The van der Waals surface area contributed by atoms with E-state index >= 15 is 0 Å². The third kappa shape index (κ3) is 2.77. The van der Waals surface area contributed by atoms with Gasteiger partial charge in [0.15, 0.2) is 0 Å². The lowest BCUT2D eigenvalue weighted by atomic mass is 9.97. The summed E-state index contributed by atoms with van der Waals surface area (Å²) in [6.07, 6.45) is 0.192. The standard InChI is InChI=1S/C18H21NO/c1-13-3-8-17(14(2)11-13)15-4-6-16(7-5-15)18-12-19-9-10-20-18/h3-8,11,18-19H,9-10,12H2,1-2H3. The van der Waals surface area contributed by atoms with Crippen molar-refractivity contribution in [3.8, 4) is 11.1 Å². The van der Waals surface area contributed by atoms with Gasteiger partial charge >= 0.3 is 0 Å². The topological polar surface area (TPSA) is 21.3 Å². The molecule has 0 bridgehead atoms. The highest BCUT2D eigenvalue weighted by Crippen LogP contribution is 2.27. The number of nitrogens with one attached hydrogen (secondary N) is 1. The lowest BCUT2D eigenvalue weighted by Crippen LogP contribution is -2.33. The normalized spacial score (nSPS) is 19.0.